The predicted octanol–water partition coefficient (Wildman–Crippen LogP) is 3.36. The second-order valence-corrected chi connectivity index (χ2v) is 5.94. The van der Waals surface area contributed by atoms with Crippen molar-refractivity contribution in [1.82, 2.24) is 0 Å². The van der Waals surface area contributed by atoms with Crippen LogP contribution in [0, 0.1) is 23.7 Å². The Labute approximate surface area is 137 Å². The number of unbranched alkanes of at least 4 members (excludes halogenated alkanes) is 2. The molecule has 0 atom stereocenters. The van der Waals surface area contributed by atoms with Crippen molar-refractivity contribution < 1.29 is 19.0 Å². The van der Waals surface area contributed by atoms with E-state index in [4.69, 9.17) is 14.2 Å². The number of esters is 1. The van der Waals surface area contributed by atoms with Gasteiger partial charge in [-0.2, -0.15) is 5.26 Å². The van der Waals surface area contributed by atoms with Crippen molar-refractivity contribution in [3.63, 3.8) is 0 Å². The largest absolute Gasteiger partial charge is 0.425 e. The molecular weight excluding hydrogens is 294 g/mol. The van der Waals surface area contributed by atoms with E-state index in [1.54, 1.807) is 12.1 Å². The van der Waals surface area contributed by atoms with Gasteiger partial charge < -0.3 is 14.2 Å². The number of hydrogen-bond donors (Lipinski definition) is 0. The van der Waals surface area contributed by atoms with Gasteiger partial charge in [-0.15, -0.1) is 0 Å². The first-order valence-corrected chi connectivity index (χ1v) is 8.03. The van der Waals surface area contributed by atoms with Crippen LogP contribution in [0.25, 0.3) is 0 Å². The lowest BCUT2D eigenvalue weighted by Gasteiger charge is -2.33. The third kappa shape index (κ3) is 4.54. The summed E-state index contributed by atoms with van der Waals surface area (Å²) in [4.78, 5) is 12.4. The summed E-state index contributed by atoms with van der Waals surface area (Å²) in [6, 6.07) is 9.11. The van der Waals surface area contributed by atoms with E-state index in [9.17, 15) is 10.1 Å². The zero-order valence-electron chi connectivity index (χ0n) is 13.7. The average Bonchev–Trinajstić information content (AvgIpc) is 2.58. The topological polar surface area (TPSA) is 68.5 Å². The molecule has 5 heteroatoms. The average molecular weight is 317 g/mol. The van der Waals surface area contributed by atoms with E-state index in [1.807, 2.05) is 25.1 Å². The van der Waals surface area contributed by atoms with Crippen molar-refractivity contribution >= 4 is 5.97 Å². The van der Waals surface area contributed by atoms with Crippen LogP contribution in [-0.4, -0.2) is 25.5 Å². The molecule has 1 aromatic rings. The molecule has 1 heterocycles. The van der Waals surface area contributed by atoms with Crippen LogP contribution in [0.4, 0.5) is 0 Å². The summed E-state index contributed by atoms with van der Waals surface area (Å²) in [5, 5.41) is 9.42. The van der Waals surface area contributed by atoms with Crippen LogP contribution in [0.1, 0.15) is 38.2 Å². The van der Waals surface area contributed by atoms with Gasteiger partial charge in [0.2, 0.25) is 5.41 Å². The Bertz CT molecular complexity index is 553. The third-order valence-corrected chi connectivity index (χ3v) is 3.91. The molecule has 0 unspecified atom stereocenters. The van der Waals surface area contributed by atoms with E-state index in [2.05, 4.69) is 6.92 Å². The molecule has 1 fully saturated rings. The number of aryl methyl sites for hydroxylation is 1. The Balaban J connectivity index is 1.92. The summed E-state index contributed by atoms with van der Waals surface area (Å²) in [6.07, 6.45) is 3.69. The minimum absolute atomic E-state index is 0.00495. The minimum Gasteiger partial charge on any atom is -0.425 e. The molecule has 1 aliphatic rings. The highest BCUT2D eigenvalue weighted by atomic mass is 16.7. The molecule has 0 aliphatic carbocycles. The number of hydrogen-bond acceptors (Lipinski definition) is 5. The molecule has 0 radical (unpaired) electrons. The van der Waals surface area contributed by atoms with E-state index in [0.29, 0.717) is 5.75 Å². The molecule has 124 valence electrons. The van der Waals surface area contributed by atoms with Crippen molar-refractivity contribution in [3.05, 3.63) is 29.8 Å². The zero-order chi connectivity index (χ0) is 16.7. The second kappa shape index (κ2) is 8.09. The number of nitrogens with zero attached hydrogens (tertiary/aromatic N) is 1. The van der Waals surface area contributed by atoms with E-state index >= 15 is 0 Å². The summed E-state index contributed by atoms with van der Waals surface area (Å²) in [5.74, 6) is -0.212. The Morgan fingerprint density at radius 1 is 1.30 bits per heavy atom. The van der Waals surface area contributed by atoms with Crippen molar-refractivity contribution in [3.8, 4) is 11.8 Å². The quantitative estimate of drug-likeness (QED) is 0.457. The number of rotatable bonds is 6. The van der Waals surface area contributed by atoms with Gasteiger partial charge in [0.1, 0.15) is 5.75 Å². The van der Waals surface area contributed by atoms with Gasteiger partial charge in [0.05, 0.1) is 19.3 Å². The molecule has 0 saturated carbocycles. The lowest BCUT2D eigenvalue weighted by molar-refractivity contribution is -0.223. The van der Waals surface area contributed by atoms with Crippen LogP contribution in [0.5, 0.6) is 5.75 Å². The van der Waals surface area contributed by atoms with Gasteiger partial charge in [-0.3, -0.25) is 0 Å². The lowest BCUT2D eigenvalue weighted by Crippen LogP contribution is -2.48. The molecule has 0 spiro atoms. The zero-order valence-corrected chi connectivity index (χ0v) is 13.7. The minimum atomic E-state index is -1.40. The molecule has 2 rings (SSSR count). The van der Waals surface area contributed by atoms with E-state index in [1.165, 1.54) is 0 Å². The van der Waals surface area contributed by atoms with Gasteiger partial charge in [0, 0.05) is 0 Å². The molecule has 5 nitrogen and oxygen atoms in total. The van der Waals surface area contributed by atoms with Gasteiger partial charge in [-0.05, 0) is 31.9 Å². The molecule has 1 saturated heterocycles. The van der Waals surface area contributed by atoms with Crippen molar-refractivity contribution in [2.45, 2.75) is 45.8 Å². The first kappa shape index (κ1) is 17.5. The molecule has 0 N–H and O–H groups in total. The summed E-state index contributed by atoms with van der Waals surface area (Å²) in [7, 11) is 0. The van der Waals surface area contributed by atoms with Crippen LogP contribution in [0.2, 0.25) is 0 Å². The van der Waals surface area contributed by atoms with E-state index < -0.39 is 11.4 Å². The summed E-state index contributed by atoms with van der Waals surface area (Å²) in [6.45, 7) is 4.09. The number of ether oxygens (including phenoxy) is 3. The number of nitriles is 1. The molecule has 1 aliphatic heterocycles. The number of carbonyl (C=O) groups is 1. The standard InChI is InChI=1S/C18H23NO4/c1-3-4-5-6-16-21-12-18(11-19,13-22-16)17(20)23-15-9-7-14(2)8-10-15/h7-10,16H,3-6,12-13H2,1-2H3. The summed E-state index contributed by atoms with van der Waals surface area (Å²) in [5.41, 5.74) is -0.328. The first-order chi connectivity index (χ1) is 11.1. The Morgan fingerprint density at radius 3 is 2.52 bits per heavy atom. The van der Waals surface area contributed by atoms with Crippen molar-refractivity contribution in [2.75, 3.05) is 13.2 Å². The summed E-state index contributed by atoms with van der Waals surface area (Å²) >= 11 is 0. The van der Waals surface area contributed by atoms with E-state index in [-0.39, 0.29) is 19.5 Å². The molecule has 0 aromatic heterocycles. The highest BCUT2D eigenvalue weighted by Gasteiger charge is 2.46. The normalized spacial score (nSPS) is 24.0. The second-order valence-electron chi connectivity index (χ2n) is 5.94. The van der Waals surface area contributed by atoms with Crippen LogP contribution >= 0.6 is 0 Å². The molecular formula is C18H23NO4. The lowest BCUT2D eigenvalue weighted by atomic mass is 9.91. The molecule has 0 amide bonds. The third-order valence-electron chi connectivity index (χ3n) is 3.91. The fraction of sp³-hybridized carbons (Fsp3) is 0.556. The highest BCUT2D eigenvalue weighted by molar-refractivity contribution is 5.82. The predicted molar refractivity (Wildman–Crippen MR) is 84.7 cm³/mol. The maximum absolute atomic E-state index is 12.4. The Morgan fingerprint density at radius 2 is 1.96 bits per heavy atom. The molecule has 23 heavy (non-hydrogen) atoms. The van der Waals surface area contributed by atoms with Crippen LogP contribution in [0.3, 0.4) is 0 Å². The van der Waals surface area contributed by atoms with E-state index in [0.717, 1.165) is 31.2 Å². The fourth-order valence-corrected chi connectivity index (χ4v) is 2.33. The molecule has 0 bridgehead atoms. The number of benzene rings is 1. The van der Waals surface area contributed by atoms with Gasteiger partial charge in [0.25, 0.3) is 0 Å². The SMILES string of the molecule is CCCCCC1OCC(C#N)(C(=O)Oc2ccc(C)cc2)CO1. The smallest absolute Gasteiger partial charge is 0.336 e. The maximum atomic E-state index is 12.4. The monoisotopic (exact) mass is 317 g/mol. The van der Waals surface area contributed by atoms with Gasteiger partial charge in [-0.1, -0.05) is 37.5 Å². The van der Waals surface area contributed by atoms with Crippen LogP contribution < -0.4 is 4.74 Å². The number of carbonyl (C=O) groups excluding carboxylic acids is 1. The van der Waals surface area contributed by atoms with Gasteiger partial charge in [-0.25, -0.2) is 4.79 Å². The van der Waals surface area contributed by atoms with Crippen molar-refractivity contribution in [2.24, 2.45) is 5.41 Å². The van der Waals surface area contributed by atoms with Gasteiger partial charge >= 0.3 is 5.97 Å². The first-order valence-electron chi connectivity index (χ1n) is 8.03. The molecule has 1 aromatic carbocycles. The van der Waals surface area contributed by atoms with Crippen LogP contribution in [-0.2, 0) is 14.3 Å². The van der Waals surface area contributed by atoms with Gasteiger partial charge in [0.15, 0.2) is 6.29 Å². The Kier molecular flexibility index (Phi) is 6.14. The fourth-order valence-electron chi connectivity index (χ4n) is 2.33. The van der Waals surface area contributed by atoms with Crippen LogP contribution in [0.15, 0.2) is 24.3 Å². The Hall–Kier alpha value is -1.90. The van der Waals surface area contributed by atoms with Crippen molar-refractivity contribution in [1.29, 1.82) is 5.26 Å². The maximum Gasteiger partial charge on any atom is 0.336 e. The summed E-state index contributed by atoms with van der Waals surface area (Å²) < 4.78 is 16.4. The highest BCUT2D eigenvalue weighted by Crippen LogP contribution is 2.28.